The predicted molar refractivity (Wildman–Crippen MR) is 101 cm³/mol. The second-order valence-corrected chi connectivity index (χ2v) is 7.54. The first-order chi connectivity index (χ1) is 13.2. The van der Waals surface area contributed by atoms with E-state index in [9.17, 15) is 9.18 Å². The lowest BCUT2D eigenvalue weighted by Gasteiger charge is -2.38. The Balaban J connectivity index is 1.43. The second kappa shape index (κ2) is 6.50. The third kappa shape index (κ3) is 3.23. The van der Waals surface area contributed by atoms with E-state index in [1.807, 2.05) is 35.2 Å². The molecule has 1 aliphatic heterocycles. The molecule has 1 N–H and O–H groups in total. The fourth-order valence-corrected chi connectivity index (χ4v) is 3.92. The molecule has 1 aromatic heterocycles. The van der Waals surface area contributed by atoms with Crippen molar-refractivity contribution in [2.45, 2.75) is 25.0 Å². The maximum Gasteiger partial charge on any atom is 0.270 e. The Morgan fingerprint density at radius 1 is 1.07 bits per heavy atom. The molecule has 138 valence electrons. The first-order valence-corrected chi connectivity index (χ1v) is 9.45. The lowest BCUT2D eigenvalue weighted by Crippen LogP contribution is -2.47. The molecule has 2 aromatic carbocycles. The summed E-state index contributed by atoms with van der Waals surface area (Å²) in [5, 5.41) is 0.713. The van der Waals surface area contributed by atoms with Crippen LogP contribution in [-0.2, 0) is 4.74 Å². The number of carbonyl (C=O) groups is 1. The molecule has 0 unspecified atom stereocenters. The van der Waals surface area contributed by atoms with Gasteiger partial charge >= 0.3 is 0 Å². The maximum absolute atomic E-state index is 13.5. The molecule has 2 fully saturated rings. The van der Waals surface area contributed by atoms with Crippen LogP contribution < -0.4 is 0 Å². The molecular formula is C22H21FN2O2. The van der Waals surface area contributed by atoms with Crippen LogP contribution in [0.25, 0.3) is 10.9 Å². The summed E-state index contributed by atoms with van der Waals surface area (Å²) in [7, 11) is 0. The van der Waals surface area contributed by atoms with Crippen LogP contribution in [0.15, 0.2) is 54.6 Å². The molecule has 4 nitrogen and oxygen atoms in total. The molecule has 27 heavy (non-hydrogen) atoms. The molecule has 1 aliphatic carbocycles. The van der Waals surface area contributed by atoms with Crippen molar-refractivity contribution in [3.05, 3.63) is 71.7 Å². The van der Waals surface area contributed by atoms with Crippen LogP contribution in [0.3, 0.4) is 0 Å². The van der Waals surface area contributed by atoms with E-state index in [1.54, 1.807) is 12.1 Å². The zero-order valence-corrected chi connectivity index (χ0v) is 14.9. The normalized spacial score (nSPS) is 22.9. The number of H-pyrrole nitrogens is 1. The van der Waals surface area contributed by atoms with Gasteiger partial charge in [-0.25, -0.2) is 4.39 Å². The lowest BCUT2D eigenvalue weighted by molar-refractivity contribution is -0.0864. The van der Waals surface area contributed by atoms with Crippen molar-refractivity contribution in [1.82, 2.24) is 9.88 Å². The molecule has 0 radical (unpaired) electrons. The lowest BCUT2D eigenvalue weighted by atomic mass is 10.0. The van der Waals surface area contributed by atoms with Crippen molar-refractivity contribution < 1.29 is 13.9 Å². The molecule has 2 heterocycles. The summed E-state index contributed by atoms with van der Waals surface area (Å²) in [6.45, 7) is 1.13. The number of morpholine rings is 1. The largest absolute Gasteiger partial charge is 0.366 e. The highest BCUT2D eigenvalue weighted by molar-refractivity contribution is 5.98. The van der Waals surface area contributed by atoms with Gasteiger partial charge < -0.3 is 14.6 Å². The zero-order valence-electron chi connectivity index (χ0n) is 14.9. The van der Waals surface area contributed by atoms with E-state index in [-0.39, 0.29) is 23.9 Å². The quantitative estimate of drug-likeness (QED) is 0.753. The fraction of sp³-hybridized carbons (Fsp3) is 0.318. The number of benzene rings is 2. The van der Waals surface area contributed by atoms with Crippen LogP contribution in [0.4, 0.5) is 4.39 Å². The third-order valence-electron chi connectivity index (χ3n) is 5.55. The summed E-state index contributed by atoms with van der Waals surface area (Å²) in [5.74, 6) is 0.190. The van der Waals surface area contributed by atoms with Gasteiger partial charge in [-0.05, 0) is 48.6 Å². The van der Waals surface area contributed by atoms with Gasteiger partial charge in [0.1, 0.15) is 17.6 Å². The highest BCUT2D eigenvalue weighted by Crippen LogP contribution is 2.39. The van der Waals surface area contributed by atoms with Crippen LogP contribution in [0.5, 0.6) is 0 Å². The van der Waals surface area contributed by atoms with Gasteiger partial charge in [0.05, 0.1) is 12.6 Å². The van der Waals surface area contributed by atoms with Crippen molar-refractivity contribution >= 4 is 16.8 Å². The SMILES string of the molecule is O=C(c1cc2cc(F)ccc2[nH]1)N1C[C@@H](c2ccccc2)O[C@@H](C2CC2)C1. The number of nitrogens with zero attached hydrogens (tertiary/aromatic N) is 1. The average Bonchev–Trinajstić information content (AvgIpc) is 3.47. The topological polar surface area (TPSA) is 45.3 Å². The van der Waals surface area contributed by atoms with Gasteiger partial charge in [-0.2, -0.15) is 0 Å². The van der Waals surface area contributed by atoms with Gasteiger partial charge in [0.25, 0.3) is 5.91 Å². The summed E-state index contributed by atoms with van der Waals surface area (Å²) < 4.78 is 19.8. The zero-order chi connectivity index (χ0) is 18.4. The predicted octanol–water partition coefficient (Wildman–Crippen LogP) is 4.30. The van der Waals surface area contributed by atoms with Gasteiger partial charge in [0, 0.05) is 17.4 Å². The molecule has 0 spiro atoms. The van der Waals surface area contributed by atoms with E-state index in [2.05, 4.69) is 4.98 Å². The molecule has 2 aliphatic rings. The Morgan fingerprint density at radius 2 is 1.89 bits per heavy atom. The van der Waals surface area contributed by atoms with Crippen LogP contribution in [-0.4, -0.2) is 35.0 Å². The number of ether oxygens (including phenoxy) is 1. The maximum atomic E-state index is 13.5. The smallest absolute Gasteiger partial charge is 0.270 e. The summed E-state index contributed by atoms with van der Waals surface area (Å²) in [6, 6.07) is 16.3. The van der Waals surface area contributed by atoms with Crippen molar-refractivity contribution in [1.29, 1.82) is 0 Å². The molecule has 3 aromatic rings. The van der Waals surface area contributed by atoms with Crippen LogP contribution >= 0.6 is 0 Å². The molecule has 5 rings (SSSR count). The number of fused-ring (bicyclic) bond motifs is 1. The van der Waals surface area contributed by atoms with Crippen LogP contribution in [0.1, 0.15) is 35.0 Å². The third-order valence-corrected chi connectivity index (χ3v) is 5.55. The molecule has 1 saturated heterocycles. The fourth-order valence-electron chi connectivity index (χ4n) is 3.92. The number of hydrogen-bond donors (Lipinski definition) is 1. The summed E-state index contributed by atoms with van der Waals surface area (Å²) in [5.41, 5.74) is 2.37. The van der Waals surface area contributed by atoms with E-state index in [0.717, 1.165) is 11.1 Å². The first-order valence-electron chi connectivity index (χ1n) is 9.45. The van der Waals surface area contributed by atoms with Crippen molar-refractivity contribution in [3.63, 3.8) is 0 Å². The monoisotopic (exact) mass is 364 g/mol. The molecule has 1 amide bonds. The highest BCUT2D eigenvalue weighted by atomic mass is 19.1. The number of aromatic nitrogens is 1. The van der Waals surface area contributed by atoms with E-state index < -0.39 is 0 Å². The number of nitrogens with one attached hydrogen (secondary N) is 1. The Kier molecular flexibility index (Phi) is 3.97. The van der Waals surface area contributed by atoms with Crippen molar-refractivity contribution in [2.75, 3.05) is 13.1 Å². The molecule has 0 bridgehead atoms. The van der Waals surface area contributed by atoms with E-state index in [4.69, 9.17) is 4.74 Å². The number of hydrogen-bond acceptors (Lipinski definition) is 2. The first kappa shape index (κ1) is 16.5. The van der Waals surface area contributed by atoms with Crippen LogP contribution in [0.2, 0.25) is 0 Å². The number of amides is 1. The van der Waals surface area contributed by atoms with Gasteiger partial charge in [-0.3, -0.25) is 4.79 Å². The van der Waals surface area contributed by atoms with Crippen LogP contribution in [0, 0.1) is 11.7 Å². The van der Waals surface area contributed by atoms with Gasteiger partial charge in [-0.1, -0.05) is 30.3 Å². The summed E-state index contributed by atoms with van der Waals surface area (Å²) in [4.78, 5) is 18.2. The number of aromatic amines is 1. The minimum atomic E-state index is -0.301. The molecule has 5 heteroatoms. The average molecular weight is 364 g/mol. The number of halogens is 1. The van der Waals surface area contributed by atoms with E-state index in [0.29, 0.717) is 30.1 Å². The number of rotatable bonds is 3. The standard InChI is InChI=1S/C22H21FN2O2/c23-17-8-9-18-16(10-17)11-19(24-18)22(26)25-12-20(14-4-2-1-3-5-14)27-21(13-25)15-6-7-15/h1-5,8-11,15,20-21,24H,6-7,12-13H2/t20-,21+/m0/s1. The highest BCUT2D eigenvalue weighted by Gasteiger charge is 2.40. The minimum absolute atomic E-state index is 0.0542. The Hall–Kier alpha value is -2.66. The Morgan fingerprint density at radius 3 is 2.67 bits per heavy atom. The van der Waals surface area contributed by atoms with Gasteiger partial charge in [-0.15, -0.1) is 0 Å². The van der Waals surface area contributed by atoms with Crippen molar-refractivity contribution in [2.24, 2.45) is 5.92 Å². The minimum Gasteiger partial charge on any atom is -0.366 e. The Labute approximate surface area is 156 Å². The molecular weight excluding hydrogens is 343 g/mol. The van der Waals surface area contributed by atoms with Crippen molar-refractivity contribution in [3.8, 4) is 0 Å². The number of carbonyl (C=O) groups excluding carboxylic acids is 1. The molecule has 1 saturated carbocycles. The summed E-state index contributed by atoms with van der Waals surface area (Å²) in [6.07, 6.45) is 2.30. The van der Waals surface area contributed by atoms with Gasteiger partial charge in [0.15, 0.2) is 0 Å². The summed E-state index contributed by atoms with van der Waals surface area (Å²) >= 11 is 0. The van der Waals surface area contributed by atoms with E-state index in [1.165, 1.54) is 25.0 Å². The Bertz CT molecular complexity index is 980. The van der Waals surface area contributed by atoms with Gasteiger partial charge in [0.2, 0.25) is 0 Å². The second-order valence-electron chi connectivity index (χ2n) is 7.54. The van der Waals surface area contributed by atoms with E-state index >= 15 is 0 Å². The molecule has 2 atom stereocenters.